The number of nitrogens with one attached hydrogen (secondary N) is 1. The van der Waals surface area contributed by atoms with Gasteiger partial charge in [-0.2, -0.15) is 13.2 Å². The summed E-state index contributed by atoms with van der Waals surface area (Å²) in [6, 6.07) is 12.4. The Labute approximate surface area is 141 Å². The normalized spacial score (nSPS) is 12.7. The van der Waals surface area contributed by atoms with Gasteiger partial charge < -0.3 is 5.32 Å². The first kappa shape index (κ1) is 17.7. The van der Waals surface area contributed by atoms with Crippen molar-refractivity contribution in [3.05, 3.63) is 59.1 Å². The molecule has 2 rings (SSSR count). The van der Waals surface area contributed by atoms with Crippen LogP contribution in [-0.2, 0) is 11.0 Å². The van der Waals surface area contributed by atoms with E-state index in [0.717, 1.165) is 17.0 Å². The monoisotopic (exact) mass is 359 g/mol. The smallest absolute Gasteiger partial charge is 0.325 e. The number of carbonyl (C=O) groups is 1. The lowest BCUT2D eigenvalue weighted by Crippen LogP contribution is -2.24. The third kappa shape index (κ3) is 4.91. The molecule has 0 saturated carbocycles. The lowest BCUT2D eigenvalue weighted by atomic mass is 10.1. The van der Waals surface area contributed by atoms with Crippen molar-refractivity contribution in [2.75, 3.05) is 5.32 Å². The van der Waals surface area contributed by atoms with Gasteiger partial charge in [0, 0.05) is 9.92 Å². The van der Waals surface area contributed by atoms with Crippen LogP contribution in [0, 0.1) is 0 Å². The quantitative estimate of drug-likeness (QED) is 0.732. The summed E-state index contributed by atoms with van der Waals surface area (Å²) in [5, 5.41) is 1.74. The summed E-state index contributed by atoms with van der Waals surface area (Å²) in [4.78, 5) is 13.0. The molecule has 1 N–H and O–H groups in total. The average molecular weight is 360 g/mol. The van der Waals surface area contributed by atoms with Crippen LogP contribution < -0.4 is 5.32 Å². The minimum Gasteiger partial charge on any atom is -0.325 e. The zero-order valence-electron chi connectivity index (χ0n) is 12.0. The van der Waals surface area contributed by atoms with Crippen LogP contribution in [0.3, 0.4) is 0 Å². The van der Waals surface area contributed by atoms with Gasteiger partial charge in [0.2, 0.25) is 5.91 Å². The zero-order valence-corrected chi connectivity index (χ0v) is 13.6. The highest BCUT2D eigenvalue weighted by Crippen LogP contribution is 2.37. The summed E-state index contributed by atoms with van der Waals surface area (Å²) < 4.78 is 39.0. The molecule has 1 atom stereocenters. The fraction of sp³-hybridized carbons (Fsp3) is 0.188. The van der Waals surface area contributed by atoms with Crippen molar-refractivity contribution in [2.45, 2.75) is 23.2 Å². The lowest BCUT2D eigenvalue weighted by molar-refractivity contribution is -0.137. The van der Waals surface area contributed by atoms with E-state index in [2.05, 4.69) is 5.32 Å². The highest BCUT2D eigenvalue weighted by Gasteiger charge is 2.34. The van der Waals surface area contributed by atoms with E-state index in [0.29, 0.717) is 0 Å². The van der Waals surface area contributed by atoms with Crippen molar-refractivity contribution in [3.63, 3.8) is 0 Å². The standard InChI is InChI=1S/C16H13ClF3NOS/c1-10(23-12-5-3-2-4-6-12)15(22)21-14-8-7-11(17)9-13(14)16(18,19)20/h2-10H,1H3,(H,21,22)/t10-/m0/s1. The second-order valence-electron chi connectivity index (χ2n) is 4.75. The summed E-state index contributed by atoms with van der Waals surface area (Å²) in [6.45, 7) is 1.64. The summed E-state index contributed by atoms with van der Waals surface area (Å²) in [6.07, 6.45) is -4.59. The Morgan fingerprint density at radius 3 is 2.43 bits per heavy atom. The van der Waals surface area contributed by atoms with Gasteiger partial charge in [-0.15, -0.1) is 11.8 Å². The van der Waals surface area contributed by atoms with Gasteiger partial charge in [0.1, 0.15) is 0 Å². The first-order valence-corrected chi connectivity index (χ1v) is 7.92. The third-order valence-corrected chi connectivity index (χ3v) is 4.32. The molecule has 2 aromatic carbocycles. The Morgan fingerprint density at radius 1 is 1.17 bits per heavy atom. The number of thioether (sulfide) groups is 1. The molecule has 0 aromatic heterocycles. The van der Waals surface area contributed by atoms with Crippen LogP contribution in [0.15, 0.2) is 53.4 Å². The van der Waals surface area contributed by atoms with Gasteiger partial charge in [0.15, 0.2) is 0 Å². The van der Waals surface area contributed by atoms with Gasteiger partial charge in [0.25, 0.3) is 0 Å². The molecule has 0 spiro atoms. The molecular weight excluding hydrogens is 347 g/mol. The van der Waals surface area contributed by atoms with E-state index in [9.17, 15) is 18.0 Å². The van der Waals surface area contributed by atoms with Gasteiger partial charge in [-0.1, -0.05) is 29.8 Å². The maximum absolute atomic E-state index is 13.0. The highest BCUT2D eigenvalue weighted by molar-refractivity contribution is 8.00. The van der Waals surface area contributed by atoms with Crippen molar-refractivity contribution < 1.29 is 18.0 Å². The summed E-state index contributed by atoms with van der Waals surface area (Å²) >= 11 is 6.88. The molecule has 7 heteroatoms. The number of halogens is 4. The van der Waals surface area contributed by atoms with E-state index < -0.39 is 22.9 Å². The Hall–Kier alpha value is -1.66. The Balaban J connectivity index is 2.14. The molecule has 0 heterocycles. The summed E-state index contributed by atoms with van der Waals surface area (Å²) in [5.74, 6) is -0.508. The number of carbonyl (C=O) groups excluding carboxylic acids is 1. The van der Waals surface area contributed by atoms with Crippen LogP contribution in [0.5, 0.6) is 0 Å². The van der Waals surface area contributed by atoms with Gasteiger partial charge in [-0.25, -0.2) is 0 Å². The van der Waals surface area contributed by atoms with E-state index in [1.165, 1.54) is 17.8 Å². The van der Waals surface area contributed by atoms with Crippen molar-refractivity contribution in [1.82, 2.24) is 0 Å². The number of benzene rings is 2. The molecule has 0 aliphatic rings. The van der Waals surface area contributed by atoms with Gasteiger partial charge in [-0.05, 0) is 37.3 Å². The molecule has 0 aliphatic heterocycles. The number of hydrogen-bond acceptors (Lipinski definition) is 2. The van der Waals surface area contributed by atoms with Crippen LogP contribution in [-0.4, -0.2) is 11.2 Å². The van der Waals surface area contributed by atoms with Crippen molar-refractivity contribution in [1.29, 1.82) is 0 Å². The fourth-order valence-corrected chi connectivity index (χ4v) is 2.91. The van der Waals surface area contributed by atoms with Crippen LogP contribution >= 0.6 is 23.4 Å². The van der Waals surface area contributed by atoms with E-state index in [1.54, 1.807) is 6.92 Å². The van der Waals surface area contributed by atoms with Crippen molar-refractivity contribution >= 4 is 35.0 Å². The van der Waals surface area contributed by atoms with Crippen LogP contribution in [0.2, 0.25) is 5.02 Å². The molecule has 0 fully saturated rings. The largest absolute Gasteiger partial charge is 0.418 e. The van der Waals surface area contributed by atoms with E-state index >= 15 is 0 Å². The maximum atomic E-state index is 13.0. The van der Waals surface area contributed by atoms with Crippen LogP contribution in [0.25, 0.3) is 0 Å². The van der Waals surface area contributed by atoms with E-state index in [1.807, 2.05) is 30.3 Å². The molecule has 23 heavy (non-hydrogen) atoms. The molecule has 2 aromatic rings. The average Bonchev–Trinajstić information content (AvgIpc) is 2.49. The Kier molecular flexibility index (Phi) is 5.59. The van der Waals surface area contributed by atoms with Gasteiger partial charge in [-0.3, -0.25) is 4.79 Å². The van der Waals surface area contributed by atoms with Gasteiger partial charge >= 0.3 is 6.18 Å². The molecule has 2 nitrogen and oxygen atoms in total. The number of rotatable bonds is 4. The topological polar surface area (TPSA) is 29.1 Å². The van der Waals surface area contributed by atoms with Crippen molar-refractivity contribution in [3.8, 4) is 0 Å². The van der Waals surface area contributed by atoms with Crippen LogP contribution in [0.4, 0.5) is 18.9 Å². The lowest BCUT2D eigenvalue weighted by Gasteiger charge is -2.16. The van der Waals surface area contributed by atoms with E-state index in [-0.39, 0.29) is 10.7 Å². The van der Waals surface area contributed by atoms with Crippen LogP contribution in [0.1, 0.15) is 12.5 Å². The Morgan fingerprint density at radius 2 is 1.83 bits per heavy atom. The predicted molar refractivity (Wildman–Crippen MR) is 86.8 cm³/mol. The van der Waals surface area contributed by atoms with E-state index in [4.69, 9.17) is 11.6 Å². The SMILES string of the molecule is C[C@H](Sc1ccccc1)C(=O)Nc1ccc(Cl)cc1C(F)(F)F. The molecule has 1 amide bonds. The van der Waals surface area contributed by atoms with Crippen molar-refractivity contribution in [2.24, 2.45) is 0 Å². The molecule has 0 bridgehead atoms. The number of alkyl halides is 3. The maximum Gasteiger partial charge on any atom is 0.418 e. The number of amides is 1. The number of hydrogen-bond donors (Lipinski definition) is 1. The highest BCUT2D eigenvalue weighted by atomic mass is 35.5. The first-order valence-electron chi connectivity index (χ1n) is 6.66. The fourth-order valence-electron chi connectivity index (χ4n) is 1.85. The zero-order chi connectivity index (χ0) is 17.0. The summed E-state index contributed by atoms with van der Waals surface area (Å²) in [7, 11) is 0. The molecule has 0 unspecified atom stereocenters. The minimum absolute atomic E-state index is 0.0398. The van der Waals surface area contributed by atoms with Gasteiger partial charge in [0.05, 0.1) is 16.5 Å². The Bertz CT molecular complexity index is 691. The third-order valence-electron chi connectivity index (χ3n) is 2.97. The first-order chi connectivity index (χ1) is 10.8. The predicted octanol–water partition coefficient (Wildman–Crippen LogP) is 5.48. The minimum atomic E-state index is -4.59. The molecule has 122 valence electrons. The summed E-state index contributed by atoms with van der Waals surface area (Å²) in [5.41, 5.74) is -1.26. The molecular formula is C16H13ClF3NOS. The molecule has 0 saturated heterocycles. The number of anilines is 1. The molecule has 0 aliphatic carbocycles. The second kappa shape index (κ2) is 7.27. The molecule has 0 radical (unpaired) electrons. The second-order valence-corrected chi connectivity index (χ2v) is 6.60.